The number of carbonyl (C=O) groups excluding carboxylic acids is 2. The van der Waals surface area contributed by atoms with Crippen LogP contribution in [0.4, 0.5) is 4.79 Å². The molecule has 6 heteroatoms. The first-order valence-electron chi connectivity index (χ1n) is 5.26. The summed E-state index contributed by atoms with van der Waals surface area (Å²) in [5.41, 5.74) is -0.437. The zero-order valence-electron chi connectivity index (χ0n) is 9.61. The Labute approximate surface area is 113 Å². The molecule has 0 aromatic heterocycles. The van der Waals surface area contributed by atoms with Gasteiger partial charge in [-0.05, 0) is 24.6 Å². The zero-order valence-corrected chi connectivity index (χ0v) is 11.2. The average Bonchev–Trinajstić information content (AvgIpc) is 2.55. The smallest absolute Gasteiger partial charge is 0.319 e. The van der Waals surface area contributed by atoms with Gasteiger partial charge in [0.15, 0.2) is 0 Å². The van der Waals surface area contributed by atoms with Crippen LogP contribution in [-0.4, -0.2) is 23.4 Å². The number of rotatable bonds is 2. The summed E-state index contributed by atoms with van der Waals surface area (Å²) in [7, 11) is 0. The fourth-order valence-corrected chi connectivity index (χ4v) is 2.31. The number of nitrogens with one attached hydrogen (secondary N) is 1. The summed E-state index contributed by atoms with van der Waals surface area (Å²) in [5.74, 6) is -0.410. The van der Waals surface area contributed by atoms with Crippen LogP contribution >= 0.6 is 15.9 Å². The summed E-state index contributed by atoms with van der Waals surface area (Å²) in [4.78, 5) is 24.8. The monoisotopic (exact) mass is 307 g/mol. The maximum Gasteiger partial charge on any atom is 0.326 e. The van der Waals surface area contributed by atoms with Gasteiger partial charge in [0.2, 0.25) is 0 Å². The molecule has 0 saturated carbocycles. The second-order valence-electron chi connectivity index (χ2n) is 4.11. The molecule has 1 aliphatic heterocycles. The van der Waals surface area contributed by atoms with Gasteiger partial charge in [-0.2, -0.15) is 5.26 Å². The molecule has 2 rings (SSSR count). The second kappa shape index (κ2) is 4.42. The number of nitrogens with zero attached hydrogens (tertiary/aromatic N) is 2. The predicted octanol–water partition coefficient (Wildman–Crippen LogP) is 1.74. The standard InChI is InChI=1S/C12H10BrN3O2/c1-12(8-3-2-4-9(13)7-8)10(17)16(6-5-14)11(18)15-12/h2-4,7H,6H2,1H3,(H,15,18)/t12-/m0/s1. The third-order valence-corrected chi connectivity index (χ3v) is 3.40. The van der Waals surface area contributed by atoms with Crippen molar-refractivity contribution in [3.63, 3.8) is 0 Å². The van der Waals surface area contributed by atoms with Gasteiger partial charge >= 0.3 is 6.03 Å². The van der Waals surface area contributed by atoms with Crippen molar-refractivity contribution in [3.05, 3.63) is 34.3 Å². The van der Waals surface area contributed by atoms with Crippen LogP contribution in [-0.2, 0) is 10.3 Å². The fraction of sp³-hybridized carbons (Fsp3) is 0.250. The van der Waals surface area contributed by atoms with Crippen LogP contribution in [0.5, 0.6) is 0 Å². The van der Waals surface area contributed by atoms with Crippen molar-refractivity contribution in [2.75, 3.05) is 6.54 Å². The number of hydrogen-bond acceptors (Lipinski definition) is 3. The number of carbonyl (C=O) groups is 2. The molecule has 0 spiro atoms. The van der Waals surface area contributed by atoms with E-state index in [4.69, 9.17) is 5.26 Å². The lowest BCUT2D eigenvalue weighted by Gasteiger charge is -2.21. The van der Waals surface area contributed by atoms with E-state index in [1.54, 1.807) is 31.2 Å². The van der Waals surface area contributed by atoms with E-state index in [1.165, 1.54) is 0 Å². The lowest BCUT2D eigenvalue weighted by Crippen LogP contribution is -2.40. The molecule has 1 saturated heterocycles. The maximum atomic E-state index is 12.2. The molecular weight excluding hydrogens is 298 g/mol. The van der Waals surface area contributed by atoms with Crippen molar-refractivity contribution in [1.29, 1.82) is 5.26 Å². The fourth-order valence-electron chi connectivity index (χ4n) is 1.91. The van der Waals surface area contributed by atoms with Gasteiger partial charge in [0.25, 0.3) is 5.91 Å². The van der Waals surface area contributed by atoms with Crippen LogP contribution in [0.2, 0.25) is 0 Å². The molecule has 0 bridgehead atoms. The summed E-state index contributed by atoms with van der Waals surface area (Å²) in [6.45, 7) is 1.39. The maximum absolute atomic E-state index is 12.2. The largest absolute Gasteiger partial charge is 0.326 e. The van der Waals surface area contributed by atoms with Crippen LogP contribution in [0, 0.1) is 11.3 Å². The number of amides is 3. The van der Waals surface area contributed by atoms with E-state index in [-0.39, 0.29) is 6.54 Å². The van der Waals surface area contributed by atoms with Crippen molar-refractivity contribution >= 4 is 27.9 Å². The number of benzene rings is 1. The molecule has 1 N–H and O–H groups in total. The Morgan fingerprint density at radius 2 is 2.22 bits per heavy atom. The highest BCUT2D eigenvalue weighted by Gasteiger charge is 2.48. The predicted molar refractivity (Wildman–Crippen MR) is 67.4 cm³/mol. The molecule has 1 atom stereocenters. The van der Waals surface area contributed by atoms with E-state index < -0.39 is 17.5 Å². The summed E-state index contributed by atoms with van der Waals surface area (Å²) in [5, 5.41) is 11.2. The minimum absolute atomic E-state index is 0.242. The molecular formula is C12H10BrN3O2. The van der Waals surface area contributed by atoms with Gasteiger partial charge in [0.1, 0.15) is 12.1 Å². The van der Waals surface area contributed by atoms with Crippen molar-refractivity contribution in [2.45, 2.75) is 12.5 Å². The Bertz CT molecular complexity index is 567. The lowest BCUT2D eigenvalue weighted by atomic mass is 9.92. The zero-order chi connectivity index (χ0) is 13.3. The SMILES string of the molecule is C[C@@]1(c2cccc(Br)c2)NC(=O)N(CC#N)C1=O. The van der Waals surface area contributed by atoms with Gasteiger partial charge in [-0.1, -0.05) is 28.1 Å². The number of nitriles is 1. The molecule has 1 aromatic rings. The number of imide groups is 1. The molecule has 1 fully saturated rings. The topological polar surface area (TPSA) is 73.2 Å². The molecule has 3 amide bonds. The van der Waals surface area contributed by atoms with Gasteiger partial charge in [-0.25, -0.2) is 9.69 Å². The highest BCUT2D eigenvalue weighted by molar-refractivity contribution is 9.10. The van der Waals surface area contributed by atoms with Crippen LogP contribution in [0.3, 0.4) is 0 Å². The Morgan fingerprint density at radius 3 is 2.83 bits per heavy atom. The minimum atomic E-state index is -1.11. The summed E-state index contributed by atoms with van der Waals surface area (Å²) in [6.07, 6.45) is 0. The normalized spacial score (nSPS) is 22.8. The van der Waals surface area contributed by atoms with Gasteiger partial charge < -0.3 is 5.32 Å². The molecule has 92 valence electrons. The number of hydrogen-bond donors (Lipinski definition) is 1. The molecule has 0 aliphatic carbocycles. The van der Waals surface area contributed by atoms with E-state index in [1.807, 2.05) is 6.07 Å². The van der Waals surface area contributed by atoms with E-state index in [9.17, 15) is 9.59 Å². The Morgan fingerprint density at radius 1 is 1.50 bits per heavy atom. The van der Waals surface area contributed by atoms with Crippen molar-refractivity contribution < 1.29 is 9.59 Å². The number of halogens is 1. The summed E-state index contributed by atoms with van der Waals surface area (Å²) in [6, 6.07) is 8.43. The van der Waals surface area contributed by atoms with Crippen LogP contribution in [0.1, 0.15) is 12.5 Å². The van der Waals surface area contributed by atoms with E-state index in [2.05, 4.69) is 21.2 Å². The second-order valence-corrected chi connectivity index (χ2v) is 5.03. The average molecular weight is 308 g/mol. The minimum Gasteiger partial charge on any atom is -0.319 e. The molecule has 5 nitrogen and oxygen atoms in total. The van der Waals surface area contributed by atoms with Crippen LogP contribution in [0.25, 0.3) is 0 Å². The highest BCUT2D eigenvalue weighted by atomic mass is 79.9. The van der Waals surface area contributed by atoms with Crippen LogP contribution in [0.15, 0.2) is 28.7 Å². The van der Waals surface area contributed by atoms with Crippen molar-refractivity contribution in [1.82, 2.24) is 10.2 Å². The van der Waals surface area contributed by atoms with Gasteiger partial charge in [-0.15, -0.1) is 0 Å². The Balaban J connectivity index is 2.42. The molecule has 18 heavy (non-hydrogen) atoms. The Kier molecular flexibility index (Phi) is 3.09. The van der Waals surface area contributed by atoms with E-state index in [0.717, 1.165) is 9.37 Å². The first kappa shape index (κ1) is 12.6. The molecule has 1 aromatic carbocycles. The van der Waals surface area contributed by atoms with E-state index in [0.29, 0.717) is 5.56 Å². The lowest BCUT2D eigenvalue weighted by molar-refractivity contribution is -0.130. The third-order valence-electron chi connectivity index (χ3n) is 2.91. The summed E-state index contributed by atoms with van der Waals surface area (Å²) < 4.78 is 0.821. The molecule has 1 heterocycles. The van der Waals surface area contributed by atoms with Crippen molar-refractivity contribution in [2.24, 2.45) is 0 Å². The van der Waals surface area contributed by atoms with Gasteiger partial charge in [0, 0.05) is 4.47 Å². The van der Waals surface area contributed by atoms with E-state index >= 15 is 0 Å². The number of urea groups is 1. The van der Waals surface area contributed by atoms with Crippen molar-refractivity contribution in [3.8, 4) is 6.07 Å². The van der Waals surface area contributed by atoms with Gasteiger partial charge in [-0.3, -0.25) is 4.79 Å². The molecule has 0 unspecified atom stereocenters. The third kappa shape index (κ3) is 1.87. The first-order chi connectivity index (χ1) is 8.49. The van der Waals surface area contributed by atoms with Gasteiger partial charge in [0.05, 0.1) is 6.07 Å². The van der Waals surface area contributed by atoms with Crippen LogP contribution < -0.4 is 5.32 Å². The first-order valence-corrected chi connectivity index (χ1v) is 6.05. The highest BCUT2D eigenvalue weighted by Crippen LogP contribution is 2.30. The summed E-state index contributed by atoms with van der Waals surface area (Å²) >= 11 is 3.32. The molecule has 1 aliphatic rings. The molecule has 0 radical (unpaired) electrons. The quantitative estimate of drug-likeness (QED) is 0.668. The Hall–Kier alpha value is -1.87.